The first kappa shape index (κ1) is 13.1. The molecule has 2 rings (SSSR count). The van der Waals surface area contributed by atoms with Gasteiger partial charge in [-0.1, -0.05) is 6.92 Å². The SMILES string of the molecule is CCCN1CCCC(O)(Cc2ccsc2)CC1. The minimum absolute atomic E-state index is 0.469. The largest absolute Gasteiger partial charge is 0.389 e. The molecule has 1 saturated heterocycles. The molecule has 1 fully saturated rings. The van der Waals surface area contributed by atoms with E-state index in [4.69, 9.17) is 0 Å². The summed E-state index contributed by atoms with van der Waals surface area (Å²) in [5, 5.41) is 14.9. The fourth-order valence-corrected chi connectivity index (χ4v) is 3.39. The summed E-state index contributed by atoms with van der Waals surface area (Å²) in [4.78, 5) is 2.49. The van der Waals surface area contributed by atoms with Crippen molar-refractivity contribution in [1.29, 1.82) is 0 Å². The molecule has 1 atom stereocenters. The van der Waals surface area contributed by atoms with Crippen molar-refractivity contribution < 1.29 is 5.11 Å². The van der Waals surface area contributed by atoms with E-state index in [-0.39, 0.29) is 0 Å². The van der Waals surface area contributed by atoms with Crippen molar-refractivity contribution in [2.75, 3.05) is 19.6 Å². The van der Waals surface area contributed by atoms with Crippen molar-refractivity contribution in [3.63, 3.8) is 0 Å². The van der Waals surface area contributed by atoms with Crippen molar-refractivity contribution in [2.45, 2.75) is 44.6 Å². The number of nitrogens with zero attached hydrogens (tertiary/aromatic N) is 1. The lowest BCUT2D eigenvalue weighted by molar-refractivity contribution is 0.0258. The lowest BCUT2D eigenvalue weighted by Crippen LogP contribution is -2.33. The third-order valence-corrected chi connectivity index (χ3v) is 4.40. The Hall–Kier alpha value is -0.380. The molecule has 1 N–H and O–H groups in total. The van der Waals surface area contributed by atoms with Crippen LogP contribution in [0.3, 0.4) is 0 Å². The second kappa shape index (κ2) is 5.98. The minimum Gasteiger partial charge on any atom is -0.389 e. The van der Waals surface area contributed by atoms with Crippen LogP contribution >= 0.6 is 11.3 Å². The average Bonchev–Trinajstić information content (AvgIpc) is 2.72. The van der Waals surface area contributed by atoms with E-state index in [0.29, 0.717) is 0 Å². The zero-order valence-corrected chi connectivity index (χ0v) is 11.5. The van der Waals surface area contributed by atoms with Crippen LogP contribution in [0.2, 0.25) is 0 Å². The summed E-state index contributed by atoms with van der Waals surface area (Å²) in [6, 6.07) is 2.14. The fourth-order valence-electron chi connectivity index (χ4n) is 2.72. The van der Waals surface area contributed by atoms with E-state index in [9.17, 15) is 5.11 Å². The third kappa shape index (κ3) is 3.80. The molecular formula is C14H23NOS. The number of hydrogen-bond donors (Lipinski definition) is 1. The van der Waals surface area contributed by atoms with Crippen LogP contribution in [0.5, 0.6) is 0 Å². The standard InChI is InChI=1S/C14H23NOS/c1-2-7-15-8-3-5-14(16,6-9-15)11-13-4-10-17-12-13/h4,10,12,16H,2-3,5-9,11H2,1H3. The molecule has 1 aliphatic heterocycles. The summed E-state index contributed by atoms with van der Waals surface area (Å²) in [7, 11) is 0. The van der Waals surface area contributed by atoms with E-state index < -0.39 is 5.60 Å². The first-order chi connectivity index (χ1) is 8.22. The fraction of sp³-hybridized carbons (Fsp3) is 0.714. The molecule has 0 aromatic carbocycles. The molecule has 0 radical (unpaired) electrons. The second-order valence-electron chi connectivity index (χ2n) is 5.23. The highest BCUT2D eigenvalue weighted by Gasteiger charge is 2.30. The van der Waals surface area contributed by atoms with Crippen LogP contribution in [-0.4, -0.2) is 35.2 Å². The van der Waals surface area contributed by atoms with E-state index in [2.05, 4.69) is 28.7 Å². The monoisotopic (exact) mass is 253 g/mol. The summed E-state index contributed by atoms with van der Waals surface area (Å²) in [6.07, 6.45) is 5.03. The van der Waals surface area contributed by atoms with E-state index in [1.807, 2.05) is 0 Å². The second-order valence-corrected chi connectivity index (χ2v) is 6.01. The molecule has 96 valence electrons. The van der Waals surface area contributed by atoms with Crippen LogP contribution in [0.1, 0.15) is 38.2 Å². The molecule has 1 aromatic rings. The zero-order chi connectivity index (χ0) is 12.1. The Labute approximate surface area is 108 Å². The van der Waals surface area contributed by atoms with Crippen molar-refractivity contribution in [2.24, 2.45) is 0 Å². The van der Waals surface area contributed by atoms with Crippen LogP contribution in [0.25, 0.3) is 0 Å². The summed E-state index contributed by atoms with van der Waals surface area (Å²) in [5.74, 6) is 0. The number of hydrogen-bond acceptors (Lipinski definition) is 3. The Bertz CT molecular complexity index is 325. The van der Waals surface area contributed by atoms with Crippen molar-refractivity contribution in [3.8, 4) is 0 Å². The van der Waals surface area contributed by atoms with Crippen LogP contribution in [0.15, 0.2) is 16.8 Å². The summed E-state index contributed by atoms with van der Waals surface area (Å²) in [5.41, 5.74) is 0.824. The molecule has 0 aliphatic carbocycles. The molecule has 17 heavy (non-hydrogen) atoms. The topological polar surface area (TPSA) is 23.5 Å². The number of likely N-dealkylation sites (tertiary alicyclic amines) is 1. The van der Waals surface area contributed by atoms with Gasteiger partial charge >= 0.3 is 0 Å². The lowest BCUT2D eigenvalue weighted by atomic mass is 9.89. The molecule has 1 aliphatic rings. The Kier molecular flexibility index (Phi) is 4.60. The Balaban J connectivity index is 1.92. The molecule has 0 bridgehead atoms. The first-order valence-corrected chi connectivity index (χ1v) is 7.62. The van der Waals surface area contributed by atoms with Crippen molar-refractivity contribution in [1.82, 2.24) is 4.90 Å². The summed E-state index contributed by atoms with van der Waals surface area (Å²) < 4.78 is 0. The molecule has 2 heterocycles. The van der Waals surface area contributed by atoms with Crippen molar-refractivity contribution >= 4 is 11.3 Å². The quantitative estimate of drug-likeness (QED) is 0.892. The molecule has 0 amide bonds. The van der Waals surface area contributed by atoms with Gasteiger partial charge in [-0.3, -0.25) is 0 Å². The summed E-state index contributed by atoms with van der Waals surface area (Å²) >= 11 is 1.72. The van der Waals surface area contributed by atoms with Crippen LogP contribution in [-0.2, 0) is 6.42 Å². The minimum atomic E-state index is -0.469. The first-order valence-electron chi connectivity index (χ1n) is 6.68. The maximum absolute atomic E-state index is 10.7. The van der Waals surface area contributed by atoms with E-state index >= 15 is 0 Å². The maximum atomic E-state index is 10.7. The Morgan fingerprint density at radius 2 is 2.29 bits per heavy atom. The van der Waals surface area contributed by atoms with Gasteiger partial charge in [-0.25, -0.2) is 0 Å². The van der Waals surface area contributed by atoms with Gasteiger partial charge in [0, 0.05) is 13.0 Å². The van der Waals surface area contributed by atoms with E-state index in [1.54, 1.807) is 11.3 Å². The van der Waals surface area contributed by atoms with E-state index in [0.717, 1.165) is 38.8 Å². The Morgan fingerprint density at radius 1 is 1.41 bits per heavy atom. The highest BCUT2D eigenvalue weighted by Crippen LogP contribution is 2.27. The van der Waals surface area contributed by atoms with Gasteiger partial charge in [-0.15, -0.1) is 0 Å². The average molecular weight is 253 g/mol. The number of aliphatic hydroxyl groups is 1. The molecule has 1 unspecified atom stereocenters. The predicted molar refractivity (Wildman–Crippen MR) is 73.6 cm³/mol. The van der Waals surface area contributed by atoms with Gasteiger partial charge in [0.25, 0.3) is 0 Å². The van der Waals surface area contributed by atoms with Gasteiger partial charge < -0.3 is 10.0 Å². The van der Waals surface area contributed by atoms with Crippen LogP contribution < -0.4 is 0 Å². The predicted octanol–water partition coefficient (Wildman–Crippen LogP) is 2.92. The molecular weight excluding hydrogens is 230 g/mol. The number of thiophene rings is 1. The zero-order valence-electron chi connectivity index (χ0n) is 10.7. The highest BCUT2D eigenvalue weighted by molar-refractivity contribution is 7.07. The van der Waals surface area contributed by atoms with Crippen LogP contribution in [0, 0.1) is 0 Å². The van der Waals surface area contributed by atoms with Gasteiger partial charge in [-0.2, -0.15) is 11.3 Å². The van der Waals surface area contributed by atoms with Gasteiger partial charge in [0.2, 0.25) is 0 Å². The van der Waals surface area contributed by atoms with Gasteiger partial charge in [0.15, 0.2) is 0 Å². The van der Waals surface area contributed by atoms with Gasteiger partial charge in [0.1, 0.15) is 0 Å². The van der Waals surface area contributed by atoms with Crippen LogP contribution in [0.4, 0.5) is 0 Å². The molecule has 1 aromatic heterocycles. The lowest BCUT2D eigenvalue weighted by Gasteiger charge is -2.26. The molecule has 0 spiro atoms. The smallest absolute Gasteiger partial charge is 0.0700 e. The van der Waals surface area contributed by atoms with Gasteiger partial charge in [-0.05, 0) is 61.2 Å². The normalized spacial score (nSPS) is 26.9. The molecule has 0 saturated carbocycles. The van der Waals surface area contributed by atoms with E-state index in [1.165, 1.54) is 18.5 Å². The molecule has 3 heteroatoms. The maximum Gasteiger partial charge on any atom is 0.0700 e. The number of rotatable bonds is 4. The third-order valence-electron chi connectivity index (χ3n) is 3.66. The molecule has 2 nitrogen and oxygen atoms in total. The highest BCUT2D eigenvalue weighted by atomic mass is 32.1. The summed E-state index contributed by atoms with van der Waals surface area (Å²) in [6.45, 7) is 5.60. The Morgan fingerprint density at radius 3 is 3.00 bits per heavy atom. The van der Waals surface area contributed by atoms with Gasteiger partial charge in [0.05, 0.1) is 5.60 Å². The van der Waals surface area contributed by atoms with Crippen molar-refractivity contribution in [3.05, 3.63) is 22.4 Å².